The van der Waals surface area contributed by atoms with E-state index in [1.807, 2.05) is 30.3 Å². The second-order valence-electron chi connectivity index (χ2n) is 3.83. The summed E-state index contributed by atoms with van der Waals surface area (Å²) in [6.07, 6.45) is 0. The van der Waals surface area contributed by atoms with Crippen molar-refractivity contribution in [1.82, 2.24) is 4.98 Å². The van der Waals surface area contributed by atoms with Crippen LogP contribution in [0.3, 0.4) is 0 Å². The lowest BCUT2D eigenvalue weighted by molar-refractivity contribution is 0.941. The normalized spacial score (nSPS) is 9.32. The minimum absolute atomic E-state index is 0.0593. The highest BCUT2D eigenvalue weighted by atomic mass is 15.2. The van der Waals surface area contributed by atoms with Crippen LogP contribution in [0.2, 0.25) is 0 Å². The number of fused-ring (bicyclic) bond motifs is 1. The molecule has 0 aliphatic rings. The Hall–Kier alpha value is -3.10. The first-order chi connectivity index (χ1) is 9.30. The molecule has 5 heteroatoms. The second-order valence-corrected chi connectivity index (χ2v) is 3.83. The zero-order valence-corrected chi connectivity index (χ0v) is 10.0. The van der Waals surface area contributed by atoms with Crippen LogP contribution in [0, 0.1) is 34.0 Å². The summed E-state index contributed by atoms with van der Waals surface area (Å²) in [5.41, 5.74) is 1.17. The van der Waals surface area contributed by atoms with Gasteiger partial charge in [0.2, 0.25) is 0 Å². The van der Waals surface area contributed by atoms with Crippen LogP contribution >= 0.6 is 0 Å². The molecule has 2 rings (SSSR count). The highest BCUT2D eigenvalue weighted by Gasteiger charge is 2.11. The molecule has 0 saturated heterocycles. The number of nitriles is 3. The Labute approximate surface area is 110 Å². The quantitative estimate of drug-likeness (QED) is 0.773. The van der Waals surface area contributed by atoms with E-state index in [-0.39, 0.29) is 13.1 Å². The van der Waals surface area contributed by atoms with Gasteiger partial charge in [-0.2, -0.15) is 15.8 Å². The van der Waals surface area contributed by atoms with Crippen LogP contribution in [0.5, 0.6) is 0 Å². The van der Waals surface area contributed by atoms with Crippen molar-refractivity contribution in [2.75, 3.05) is 18.0 Å². The molecule has 0 saturated carbocycles. The fourth-order valence-corrected chi connectivity index (χ4v) is 1.80. The van der Waals surface area contributed by atoms with Gasteiger partial charge in [0.25, 0.3) is 0 Å². The van der Waals surface area contributed by atoms with Crippen molar-refractivity contribution in [1.29, 1.82) is 15.8 Å². The molecule has 5 nitrogen and oxygen atoms in total. The lowest BCUT2D eigenvalue weighted by Crippen LogP contribution is -2.24. The Bertz CT molecular complexity index is 714. The Morgan fingerprint density at radius 2 is 1.74 bits per heavy atom. The number of para-hydroxylation sites is 1. The molecule has 0 radical (unpaired) electrons. The summed E-state index contributed by atoms with van der Waals surface area (Å²) in [7, 11) is 0. The van der Waals surface area contributed by atoms with E-state index in [4.69, 9.17) is 10.5 Å². The molecule has 2 aromatic rings. The van der Waals surface area contributed by atoms with Gasteiger partial charge >= 0.3 is 0 Å². The zero-order valence-electron chi connectivity index (χ0n) is 10.0. The van der Waals surface area contributed by atoms with Crippen LogP contribution in [0.4, 0.5) is 5.82 Å². The molecule has 0 aliphatic heterocycles. The molecule has 0 unspecified atom stereocenters. The maximum Gasteiger partial charge on any atom is 0.132 e. The molecule has 0 fully saturated rings. The number of rotatable bonds is 3. The van der Waals surface area contributed by atoms with Gasteiger partial charge in [0.05, 0.1) is 29.3 Å². The largest absolute Gasteiger partial charge is 0.330 e. The summed E-state index contributed by atoms with van der Waals surface area (Å²) in [5, 5.41) is 27.5. The van der Waals surface area contributed by atoms with E-state index in [0.29, 0.717) is 16.9 Å². The molecule has 0 N–H and O–H groups in total. The van der Waals surface area contributed by atoms with E-state index < -0.39 is 0 Å². The van der Waals surface area contributed by atoms with Crippen molar-refractivity contribution in [3.05, 3.63) is 35.9 Å². The van der Waals surface area contributed by atoms with Crippen molar-refractivity contribution in [3.63, 3.8) is 0 Å². The molecule has 0 spiro atoms. The lowest BCUT2D eigenvalue weighted by Gasteiger charge is -2.17. The van der Waals surface area contributed by atoms with E-state index in [0.717, 1.165) is 5.39 Å². The zero-order chi connectivity index (χ0) is 13.7. The topological polar surface area (TPSA) is 87.5 Å². The molecular formula is C14H9N5. The van der Waals surface area contributed by atoms with Crippen LogP contribution in [-0.4, -0.2) is 18.1 Å². The first kappa shape index (κ1) is 12.4. The van der Waals surface area contributed by atoms with E-state index in [1.54, 1.807) is 12.1 Å². The predicted molar refractivity (Wildman–Crippen MR) is 69.9 cm³/mol. The number of pyridine rings is 1. The summed E-state index contributed by atoms with van der Waals surface area (Å²) in [4.78, 5) is 5.93. The molecule has 0 amide bonds. The first-order valence-electron chi connectivity index (χ1n) is 5.59. The number of hydrogen-bond acceptors (Lipinski definition) is 5. The summed E-state index contributed by atoms with van der Waals surface area (Å²) in [6, 6.07) is 15.0. The van der Waals surface area contributed by atoms with Crippen molar-refractivity contribution >= 4 is 16.7 Å². The van der Waals surface area contributed by atoms with Crippen molar-refractivity contribution in [2.45, 2.75) is 0 Å². The SMILES string of the molecule is N#CCN(CC#N)c1cc(C#N)c2ccccc2n1. The smallest absolute Gasteiger partial charge is 0.132 e. The van der Waals surface area contributed by atoms with Gasteiger partial charge in [-0.05, 0) is 12.1 Å². The average molecular weight is 247 g/mol. The van der Waals surface area contributed by atoms with Crippen LogP contribution in [0.25, 0.3) is 10.9 Å². The monoisotopic (exact) mass is 247 g/mol. The van der Waals surface area contributed by atoms with E-state index >= 15 is 0 Å². The average Bonchev–Trinajstić information content (AvgIpc) is 2.46. The highest BCUT2D eigenvalue weighted by Crippen LogP contribution is 2.22. The van der Waals surface area contributed by atoms with Gasteiger partial charge in [-0.3, -0.25) is 0 Å². The lowest BCUT2D eigenvalue weighted by atomic mass is 10.1. The van der Waals surface area contributed by atoms with Crippen molar-refractivity contribution in [3.8, 4) is 18.2 Å². The fraction of sp³-hybridized carbons (Fsp3) is 0.143. The minimum atomic E-state index is 0.0593. The van der Waals surface area contributed by atoms with Crippen LogP contribution in [-0.2, 0) is 0 Å². The predicted octanol–water partition coefficient (Wildman–Crippen LogP) is 1.96. The number of benzene rings is 1. The van der Waals surface area contributed by atoms with E-state index in [1.165, 1.54) is 4.90 Å². The maximum absolute atomic E-state index is 9.18. The molecule has 90 valence electrons. The van der Waals surface area contributed by atoms with Gasteiger partial charge in [0.1, 0.15) is 18.9 Å². The molecule has 19 heavy (non-hydrogen) atoms. The van der Waals surface area contributed by atoms with Crippen LogP contribution in [0.1, 0.15) is 5.56 Å². The van der Waals surface area contributed by atoms with E-state index in [9.17, 15) is 5.26 Å². The summed E-state index contributed by atoms with van der Waals surface area (Å²) < 4.78 is 0. The number of aromatic nitrogens is 1. The number of hydrogen-bond donors (Lipinski definition) is 0. The maximum atomic E-state index is 9.18. The Morgan fingerprint density at radius 1 is 1.05 bits per heavy atom. The van der Waals surface area contributed by atoms with Crippen LogP contribution in [0.15, 0.2) is 30.3 Å². The number of nitrogens with zero attached hydrogens (tertiary/aromatic N) is 5. The Balaban J connectivity index is 2.59. The molecule has 1 aromatic heterocycles. The molecular weight excluding hydrogens is 238 g/mol. The molecule has 0 atom stereocenters. The van der Waals surface area contributed by atoms with Gasteiger partial charge in [-0.25, -0.2) is 4.98 Å². The third-order valence-corrected chi connectivity index (χ3v) is 2.67. The van der Waals surface area contributed by atoms with Gasteiger partial charge in [-0.1, -0.05) is 18.2 Å². The summed E-state index contributed by atoms with van der Waals surface area (Å²) >= 11 is 0. The summed E-state index contributed by atoms with van der Waals surface area (Å²) in [6.45, 7) is 0.119. The van der Waals surface area contributed by atoms with Gasteiger partial charge in [0.15, 0.2) is 0 Å². The molecule has 1 aromatic carbocycles. The summed E-state index contributed by atoms with van der Waals surface area (Å²) in [5.74, 6) is 0.471. The van der Waals surface area contributed by atoms with Crippen molar-refractivity contribution < 1.29 is 0 Å². The van der Waals surface area contributed by atoms with Gasteiger partial charge in [0, 0.05) is 5.39 Å². The van der Waals surface area contributed by atoms with Crippen LogP contribution < -0.4 is 4.90 Å². The second kappa shape index (κ2) is 5.49. The number of anilines is 1. The Morgan fingerprint density at radius 3 is 2.37 bits per heavy atom. The minimum Gasteiger partial charge on any atom is -0.330 e. The standard InChI is InChI=1S/C14H9N5/c15-5-7-19(8-6-16)14-9-11(10-17)12-3-1-2-4-13(12)18-14/h1-4,9H,7-8H2. The molecule has 0 bridgehead atoms. The van der Waals surface area contributed by atoms with E-state index in [2.05, 4.69) is 11.1 Å². The highest BCUT2D eigenvalue weighted by molar-refractivity contribution is 5.86. The third kappa shape index (κ3) is 2.44. The molecule has 1 heterocycles. The fourth-order valence-electron chi connectivity index (χ4n) is 1.80. The first-order valence-corrected chi connectivity index (χ1v) is 5.59. The van der Waals surface area contributed by atoms with Gasteiger partial charge in [-0.15, -0.1) is 0 Å². The van der Waals surface area contributed by atoms with Gasteiger partial charge < -0.3 is 4.90 Å². The van der Waals surface area contributed by atoms with Crippen molar-refractivity contribution in [2.24, 2.45) is 0 Å². The Kier molecular flexibility index (Phi) is 3.57. The molecule has 0 aliphatic carbocycles. The third-order valence-electron chi connectivity index (χ3n) is 2.67.